The maximum atomic E-state index is 13.4. The highest BCUT2D eigenvalue weighted by molar-refractivity contribution is 7.12. The van der Waals surface area contributed by atoms with Crippen LogP contribution in [0.4, 0.5) is 4.39 Å². The lowest BCUT2D eigenvalue weighted by molar-refractivity contribution is -0.132. The van der Waals surface area contributed by atoms with Gasteiger partial charge in [0.05, 0.1) is 4.88 Å². The predicted octanol–water partition coefficient (Wildman–Crippen LogP) is 4.95. The second-order valence-electron chi connectivity index (χ2n) is 8.18. The van der Waals surface area contributed by atoms with Crippen molar-refractivity contribution in [1.82, 2.24) is 14.8 Å². The summed E-state index contributed by atoms with van der Waals surface area (Å²) < 4.78 is 13.4. The van der Waals surface area contributed by atoms with Crippen molar-refractivity contribution in [2.75, 3.05) is 26.2 Å². The summed E-state index contributed by atoms with van der Waals surface area (Å²) in [7, 11) is 0. The van der Waals surface area contributed by atoms with E-state index in [0.29, 0.717) is 39.0 Å². The molecule has 3 heterocycles. The average Bonchev–Trinajstić information content (AvgIpc) is 3.51. The fourth-order valence-electron chi connectivity index (χ4n) is 4.43. The highest BCUT2D eigenvalue weighted by Crippen LogP contribution is 2.31. The Bertz CT molecular complexity index is 1270. The van der Waals surface area contributed by atoms with Crippen molar-refractivity contribution in [1.29, 1.82) is 0 Å². The number of H-pyrrole nitrogens is 1. The zero-order chi connectivity index (χ0) is 22.8. The minimum atomic E-state index is -0.275. The zero-order valence-corrected chi connectivity index (χ0v) is 18.9. The molecular weight excluding hydrogens is 437 g/mol. The highest BCUT2D eigenvalue weighted by atomic mass is 32.1. The van der Waals surface area contributed by atoms with Crippen LogP contribution in [-0.4, -0.2) is 52.8 Å². The van der Waals surface area contributed by atoms with Crippen molar-refractivity contribution >= 4 is 34.1 Å². The van der Waals surface area contributed by atoms with Crippen LogP contribution in [0.3, 0.4) is 0 Å². The number of fused-ring (bicyclic) bond motifs is 1. The molecule has 168 valence electrons. The minimum Gasteiger partial charge on any atom is -0.354 e. The van der Waals surface area contributed by atoms with Crippen LogP contribution in [0.5, 0.6) is 0 Å². The third-order valence-electron chi connectivity index (χ3n) is 6.19. The van der Waals surface area contributed by atoms with Crippen molar-refractivity contribution in [2.45, 2.75) is 12.8 Å². The fraction of sp³-hybridized carbons (Fsp3) is 0.231. The molecule has 2 aromatic heterocycles. The summed E-state index contributed by atoms with van der Waals surface area (Å²) >= 11 is 1.44. The summed E-state index contributed by atoms with van der Waals surface area (Å²) in [4.78, 5) is 33.4. The Kier molecular flexibility index (Phi) is 5.96. The SMILES string of the molecule is O=C(CCc1c(-c2ccc(F)cc2)[nH]c2ccccc12)N1CCN(C(=O)c2cccs2)CC1. The van der Waals surface area contributed by atoms with E-state index >= 15 is 0 Å². The molecule has 0 bridgehead atoms. The molecule has 7 heteroatoms. The number of halogens is 1. The predicted molar refractivity (Wildman–Crippen MR) is 129 cm³/mol. The topological polar surface area (TPSA) is 56.4 Å². The van der Waals surface area contributed by atoms with Crippen molar-refractivity contribution in [2.24, 2.45) is 0 Å². The molecule has 0 radical (unpaired) electrons. The standard InChI is InChI=1S/C26H24FN3O2S/c27-19-9-7-18(8-10-19)25-21(20-4-1-2-5-22(20)28-25)11-12-24(31)29-13-15-30(16-14-29)26(32)23-6-3-17-33-23/h1-10,17,28H,11-16H2. The first kappa shape index (κ1) is 21.4. The Morgan fingerprint density at radius 3 is 2.36 bits per heavy atom. The third-order valence-corrected chi connectivity index (χ3v) is 7.04. The molecule has 1 saturated heterocycles. The largest absolute Gasteiger partial charge is 0.354 e. The van der Waals surface area contributed by atoms with Gasteiger partial charge in [-0.05, 0) is 59.3 Å². The average molecular weight is 462 g/mol. The number of amides is 2. The van der Waals surface area contributed by atoms with E-state index in [1.54, 1.807) is 12.1 Å². The van der Waals surface area contributed by atoms with Gasteiger partial charge >= 0.3 is 0 Å². The van der Waals surface area contributed by atoms with E-state index in [9.17, 15) is 14.0 Å². The van der Waals surface area contributed by atoms with E-state index in [0.717, 1.165) is 32.6 Å². The molecule has 2 aromatic carbocycles. The fourth-order valence-corrected chi connectivity index (χ4v) is 5.12. The third kappa shape index (κ3) is 4.41. The number of hydrogen-bond donors (Lipinski definition) is 1. The Morgan fingerprint density at radius 1 is 0.909 bits per heavy atom. The van der Waals surface area contributed by atoms with E-state index in [-0.39, 0.29) is 17.6 Å². The monoisotopic (exact) mass is 461 g/mol. The first-order valence-electron chi connectivity index (χ1n) is 11.1. The number of piperazine rings is 1. The van der Waals surface area contributed by atoms with E-state index < -0.39 is 0 Å². The van der Waals surface area contributed by atoms with Gasteiger partial charge in [-0.3, -0.25) is 9.59 Å². The zero-order valence-electron chi connectivity index (χ0n) is 18.1. The molecule has 0 unspecified atom stereocenters. The van der Waals surface area contributed by atoms with Gasteiger partial charge in [0, 0.05) is 49.2 Å². The number of carbonyl (C=O) groups excluding carboxylic acids is 2. The summed E-state index contributed by atoms with van der Waals surface area (Å²) in [5.74, 6) is -0.142. The quantitative estimate of drug-likeness (QED) is 0.457. The number of nitrogens with zero attached hydrogens (tertiary/aromatic N) is 2. The Morgan fingerprint density at radius 2 is 1.64 bits per heavy atom. The Hall–Kier alpha value is -3.45. The molecule has 4 aromatic rings. The van der Waals surface area contributed by atoms with Gasteiger partial charge < -0.3 is 14.8 Å². The molecule has 33 heavy (non-hydrogen) atoms. The number of rotatable bonds is 5. The molecule has 1 fully saturated rings. The number of para-hydroxylation sites is 1. The van der Waals surface area contributed by atoms with Gasteiger partial charge in [0.25, 0.3) is 5.91 Å². The number of benzene rings is 2. The van der Waals surface area contributed by atoms with Crippen LogP contribution in [0, 0.1) is 5.82 Å². The van der Waals surface area contributed by atoms with Crippen LogP contribution in [0.1, 0.15) is 21.7 Å². The Labute approximate surface area is 195 Å². The lowest BCUT2D eigenvalue weighted by Crippen LogP contribution is -2.50. The van der Waals surface area contributed by atoms with Crippen LogP contribution in [-0.2, 0) is 11.2 Å². The number of nitrogens with one attached hydrogen (secondary N) is 1. The first-order chi connectivity index (χ1) is 16.1. The lowest BCUT2D eigenvalue weighted by atomic mass is 10.0. The normalized spacial score (nSPS) is 14.1. The van der Waals surface area contributed by atoms with Gasteiger partial charge in [-0.2, -0.15) is 0 Å². The van der Waals surface area contributed by atoms with Crippen LogP contribution in [0.15, 0.2) is 66.0 Å². The van der Waals surface area contributed by atoms with Crippen LogP contribution < -0.4 is 0 Å². The minimum absolute atomic E-state index is 0.0415. The van der Waals surface area contributed by atoms with Gasteiger partial charge in [0.2, 0.25) is 5.91 Å². The van der Waals surface area contributed by atoms with E-state index in [1.807, 2.05) is 51.6 Å². The van der Waals surface area contributed by atoms with E-state index in [2.05, 4.69) is 4.98 Å². The summed E-state index contributed by atoms with van der Waals surface area (Å²) in [6.07, 6.45) is 0.971. The summed E-state index contributed by atoms with van der Waals surface area (Å²) in [5.41, 5.74) is 3.89. The summed E-state index contributed by atoms with van der Waals surface area (Å²) in [6.45, 7) is 2.20. The van der Waals surface area contributed by atoms with Crippen molar-refractivity contribution in [3.8, 4) is 11.3 Å². The lowest BCUT2D eigenvalue weighted by Gasteiger charge is -2.34. The number of aromatic amines is 1. The van der Waals surface area contributed by atoms with E-state index in [4.69, 9.17) is 0 Å². The number of hydrogen-bond acceptors (Lipinski definition) is 3. The van der Waals surface area contributed by atoms with Gasteiger partial charge in [-0.15, -0.1) is 11.3 Å². The number of thiophene rings is 1. The molecular formula is C26H24FN3O2S. The van der Waals surface area contributed by atoms with Gasteiger partial charge in [-0.1, -0.05) is 24.3 Å². The molecule has 0 spiro atoms. The molecule has 5 nitrogen and oxygen atoms in total. The van der Waals surface area contributed by atoms with E-state index in [1.165, 1.54) is 23.5 Å². The summed E-state index contributed by atoms with van der Waals surface area (Å²) in [6, 6.07) is 18.2. The van der Waals surface area contributed by atoms with Crippen LogP contribution in [0.2, 0.25) is 0 Å². The van der Waals surface area contributed by atoms with Gasteiger partial charge in [0.1, 0.15) is 5.82 Å². The molecule has 1 aliphatic rings. The molecule has 0 atom stereocenters. The number of carbonyl (C=O) groups is 2. The highest BCUT2D eigenvalue weighted by Gasteiger charge is 2.25. The maximum Gasteiger partial charge on any atom is 0.264 e. The summed E-state index contributed by atoms with van der Waals surface area (Å²) in [5, 5.41) is 2.98. The second-order valence-corrected chi connectivity index (χ2v) is 9.13. The van der Waals surface area contributed by atoms with Crippen molar-refractivity contribution in [3.63, 3.8) is 0 Å². The number of aryl methyl sites for hydroxylation is 1. The number of aromatic nitrogens is 1. The van der Waals surface area contributed by atoms with Crippen molar-refractivity contribution in [3.05, 3.63) is 82.3 Å². The Balaban J connectivity index is 1.27. The first-order valence-corrected chi connectivity index (χ1v) is 11.9. The molecule has 1 N–H and O–H groups in total. The molecule has 2 amide bonds. The molecule has 0 saturated carbocycles. The maximum absolute atomic E-state index is 13.4. The van der Waals surface area contributed by atoms with Crippen molar-refractivity contribution < 1.29 is 14.0 Å². The molecule has 1 aliphatic heterocycles. The van der Waals surface area contributed by atoms with Crippen LogP contribution >= 0.6 is 11.3 Å². The van der Waals surface area contributed by atoms with Crippen LogP contribution in [0.25, 0.3) is 22.2 Å². The second kappa shape index (κ2) is 9.19. The van der Waals surface area contributed by atoms with Gasteiger partial charge in [0.15, 0.2) is 0 Å². The molecule has 5 rings (SSSR count). The van der Waals surface area contributed by atoms with Gasteiger partial charge in [-0.25, -0.2) is 4.39 Å². The molecule has 0 aliphatic carbocycles. The smallest absolute Gasteiger partial charge is 0.264 e.